The van der Waals surface area contributed by atoms with E-state index in [0.717, 1.165) is 0 Å². The van der Waals surface area contributed by atoms with Gasteiger partial charge in [-0.15, -0.1) is 0 Å². The van der Waals surface area contributed by atoms with Crippen molar-refractivity contribution in [2.75, 3.05) is 7.11 Å². The van der Waals surface area contributed by atoms with Crippen molar-refractivity contribution in [1.29, 1.82) is 0 Å². The van der Waals surface area contributed by atoms with Crippen LogP contribution in [0.2, 0.25) is 5.02 Å². The summed E-state index contributed by atoms with van der Waals surface area (Å²) in [5, 5.41) is 18.3. The molecule has 1 aromatic rings. The lowest BCUT2D eigenvalue weighted by molar-refractivity contribution is 0.274. The molecule has 0 unspecified atom stereocenters. The van der Waals surface area contributed by atoms with Gasteiger partial charge in [0.15, 0.2) is 0 Å². The van der Waals surface area contributed by atoms with Crippen LogP contribution in [0.25, 0.3) is 0 Å². The first-order valence-electron chi connectivity index (χ1n) is 3.36. The van der Waals surface area contributed by atoms with Crippen LogP contribution in [0.1, 0.15) is 5.56 Å². The van der Waals surface area contributed by atoms with Crippen molar-refractivity contribution >= 4 is 11.6 Å². The Hall–Kier alpha value is -0.930. The second-order valence-electron chi connectivity index (χ2n) is 2.24. The number of aromatic hydroxyl groups is 1. The van der Waals surface area contributed by atoms with Crippen molar-refractivity contribution in [3.63, 3.8) is 0 Å². The number of rotatable bonds is 2. The summed E-state index contributed by atoms with van der Waals surface area (Å²) in [6, 6.07) is 2.97. The van der Waals surface area contributed by atoms with Gasteiger partial charge in [0.1, 0.15) is 11.5 Å². The van der Waals surface area contributed by atoms with Gasteiger partial charge in [0, 0.05) is 5.56 Å². The maximum Gasteiger partial charge on any atom is 0.138 e. The molecule has 0 spiro atoms. The van der Waals surface area contributed by atoms with Gasteiger partial charge in [0.2, 0.25) is 0 Å². The number of aliphatic hydroxyl groups is 1. The van der Waals surface area contributed by atoms with E-state index in [-0.39, 0.29) is 22.9 Å². The summed E-state index contributed by atoms with van der Waals surface area (Å²) in [7, 11) is 1.47. The van der Waals surface area contributed by atoms with E-state index in [1.807, 2.05) is 0 Å². The number of aliphatic hydroxyl groups excluding tert-OH is 1. The van der Waals surface area contributed by atoms with Crippen LogP contribution in [0.15, 0.2) is 12.1 Å². The number of methoxy groups -OCH3 is 1. The zero-order valence-electron chi connectivity index (χ0n) is 6.54. The first kappa shape index (κ1) is 9.16. The highest BCUT2D eigenvalue weighted by Gasteiger charge is 2.09. The summed E-state index contributed by atoms with van der Waals surface area (Å²) >= 11 is 5.77. The van der Waals surface area contributed by atoms with Gasteiger partial charge in [-0.3, -0.25) is 0 Å². The molecule has 4 heteroatoms. The number of phenols is 1. The number of ether oxygens (including phenoxy) is 1. The van der Waals surface area contributed by atoms with Crippen LogP contribution in [-0.2, 0) is 6.61 Å². The fourth-order valence-electron chi connectivity index (χ4n) is 0.898. The summed E-state index contributed by atoms with van der Waals surface area (Å²) in [5.41, 5.74) is 0.288. The summed E-state index contributed by atoms with van der Waals surface area (Å²) in [6.07, 6.45) is 0. The number of hydrogen-bond acceptors (Lipinski definition) is 3. The summed E-state index contributed by atoms with van der Waals surface area (Å²) in [5.74, 6) is 0.418. The van der Waals surface area contributed by atoms with E-state index in [1.165, 1.54) is 19.2 Å². The van der Waals surface area contributed by atoms with Gasteiger partial charge in [-0.05, 0) is 12.1 Å². The van der Waals surface area contributed by atoms with E-state index in [2.05, 4.69) is 0 Å². The molecule has 0 atom stereocenters. The van der Waals surface area contributed by atoms with Gasteiger partial charge in [0.05, 0.1) is 18.7 Å². The van der Waals surface area contributed by atoms with Crippen molar-refractivity contribution in [3.8, 4) is 11.5 Å². The molecule has 0 bridgehead atoms. The molecule has 0 heterocycles. The third kappa shape index (κ3) is 1.47. The Labute approximate surface area is 75.2 Å². The number of hydrogen-bond donors (Lipinski definition) is 2. The maximum absolute atomic E-state index is 9.21. The average Bonchev–Trinajstić information content (AvgIpc) is 2.06. The zero-order valence-corrected chi connectivity index (χ0v) is 7.30. The van der Waals surface area contributed by atoms with Crippen molar-refractivity contribution < 1.29 is 14.9 Å². The molecule has 0 aliphatic carbocycles. The zero-order chi connectivity index (χ0) is 9.14. The van der Waals surface area contributed by atoms with Crippen LogP contribution in [0, 0.1) is 0 Å². The standard InChI is InChI=1S/C8H9ClO3/c1-12-7-3-2-6(11)5(4-10)8(7)9/h2-3,10-11H,4H2,1H3. The normalized spacial score (nSPS) is 9.92. The average molecular weight is 189 g/mol. The molecular weight excluding hydrogens is 180 g/mol. The third-order valence-corrected chi connectivity index (χ3v) is 1.98. The van der Waals surface area contributed by atoms with E-state index in [4.69, 9.17) is 21.4 Å². The molecule has 0 radical (unpaired) electrons. The Morgan fingerprint density at radius 2 is 2.17 bits per heavy atom. The Balaban J connectivity index is 3.24. The Bertz CT molecular complexity index is 286. The van der Waals surface area contributed by atoms with E-state index in [1.54, 1.807) is 0 Å². The molecule has 0 saturated carbocycles. The third-order valence-electron chi connectivity index (χ3n) is 1.56. The maximum atomic E-state index is 9.21. The summed E-state index contributed by atoms with van der Waals surface area (Å²) < 4.78 is 4.89. The highest BCUT2D eigenvalue weighted by atomic mass is 35.5. The highest BCUT2D eigenvalue weighted by molar-refractivity contribution is 6.33. The molecule has 0 aromatic heterocycles. The minimum atomic E-state index is -0.304. The first-order valence-corrected chi connectivity index (χ1v) is 3.73. The van der Waals surface area contributed by atoms with E-state index in [9.17, 15) is 5.11 Å². The quantitative estimate of drug-likeness (QED) is 0.741. The van der Waals surface area contributed by atoms with E-state index >= 15 is 0 Å². The molecule has 1 aromatic carbocycles. The lowest BCUT2D eigenvalue weighted by Gasteiger charge is -2.07. The minimum absolute atomic E-state index is 0.0247. The summed E-state index contributed by atoms with van der Waals surface area (Å²) in [6.45, 7) is -0.304. The van der Waals surface area contributed by atoms with Crippen LogP contribution in [0.4, 0.5) is 0 Å². The molecule has 12 heavy (non-hydrogen) atoms. The second kappa shape index (κ2) is 3.65. The monoisotopic (exact) mass is 188 g/mol. The van der Waals surface area contributed by atoms with Crippen LogP contribution in [-0.4, -0.2) is 17.3 Å². The predicted octanol–water partition coefficient (Wildman–Crippen LogP) is 1.55. The fraction of sp³-hybridized carbons (Fsp3) is 0.250. The van der Waals surface area contributed by atoms with Crippen molar-refractivity contribution in [2.45, 2.75) is 6.61 Å². The largest absolute Gasteiger partial charge is 0.508 e. The molecule has 0 aliphatic rings. The van der Waals surface area contributed by atoms with Crippen LogP contribution in [0.3, 0.4) is 0 Å². The van der Waals surface area contributed by atoms with Gasteiger partial charge in [-0.2, -0.15) is 0 Å². The lowest BCUT2D eigenvalue weighted by atomic mass is 10.2. The molecule has 0 aliphatic heterocycles. The Kier molecular flexibility index (Phi) is 2.78. The van der Waals surface area contributed by atoms with Crippen LogP contribution in [0.5, 0.6) is 11.5 Å². The number of benzene rings is 1. The Morgan fingerprint density at radius 1 is 1.50 bits per heavy atom. The topological polar surface area (TPSA) is 49.7 Å². The SMILES string of the molecule is COc1ccc(O)c(CO)c1Cl. The molecule has 66 valence electrons. The summed E-state index contributed by atoms with van der Waals surface area (Å²) in [4.78, 5) is 0. The van der Waals surface area contributed by atoms with Gasteiger partial charge >= 0.3 is 0 Å². The van der Waals surface area contributed by atoms with Crippen molar-refractivity contribution in [2.24, 2.45) is 0 Å². The van der Waals surface area contributed by atoms with Crippen molar-refractivity contribution in [1.82, 2.24) is 0 Å². The minimum Gasteiger partial charge on any atom is -0.508 e. The van der Waals surface area contributed by atoms with Gasteiger partial charge in [-0.25, -0.2) is 0 Å². The molecule has 2 N–H and O–H groups in total. The van der Waals surface area contributed by atoms with Gasteiger partial charge in [0.25, 0.3) is 0 Å². The highest BCUT2D eigenvalue weighted by Crippen LogP contribution is 2.33. The predicted molar refractivity (Wildman–Crippen MR) is 45.6 cm³/mol. The first-order chi connectivity index (χ1) is 5.70. The number of halogens is 1. The van der Waals surface area contributed by atoms with Crippen molar-refractivity contribution in [3.05, 3.63) is 22.7 Å². The lowest BCUT2D eigenvalue weighted by Crippen LogP contribution is -1.90. The molecule has 3 nitrogen and oxygen atoms in total. The van der Waals surface area contributed by atoms with Gasteiger partial charge in [-0.1, -0.05) is 11.6 Å². The van der Waals surface area contributed by atoms with Gasteiger partial charge < -0.3 is 14.9 Å². The molecule has 1 rings (SSSR count). The van der Waals surface area contributed by atoms with E-state index in [0.29, 0.717) is 5.75 Å². The van der Waals surface area contributed by atoms with Crippen LogP contribution < -0.4 is 4.74 Å². The molecule has 0 amide bonds. The molecule has 0 fully saturated rings. The smallest absolute Gasteiger partial charge is 0.138 e. The van der Waals surface area contributed by atoms with E-state index < -0.39 is 0 Å². The van der Waals surface area contributed by atoms with Crippen LogP contribution >= 0.6 is 11.6 Å². The molecular formula is C8H9ClO3. The second-order valence-corrected chi connectivity index (χ2v) is 2.62. The fourth-order valence-corrected chi connectivity index (χ4v) is 1.19. The Morgan fingerprint density at radius 3 is 2.67 bits per heavy atom. The molecule has 0 saturated heterocycles.